The maximum Gasteiger partial charge on any atom is 0.254 e. The fraction of sp³-hybridized carbons (Fsp3) is 0.538. The molecule has 1 N–H and O–H groups in total. The van der Waals surface area contributed by atoms with Crippen LogP contribution in [0.15, 0.2) is 12.3 Å². The lowest BCUT2D eigenvalue weighted by Crippen LogP contribution is -2.26. The molecule has 0 unspecified atom stereocenters. The molecule has 4 nitrogen and oxygen atoms in total. The Morgan fingerprint density at radius 2 is 2.32 bits per heavy atom. The van der Waals surface area contributed by atoms with Crippen LogP contribution >= 0.6 is 11.6 Å². The summed E-state index contributed by atoms with van der Waals surface area (Å²) in [6.45, 7) is 5.87. The lowest BCUT2D eigenvalue weighted by molar-refractivity contribution is 0.0924. The fourth-order valence-corrected chi connectivity index (χ4v) is 1.56. The van der Waals surface area contributed by atoms with Crippen LogP contribution in [-0.2, 0) is 4.74 Å². The Hall–Kier alpha value is -1.20. The number of ether oxygens (including phenoxy) is 1. The minimum Gasteiger partial charge on any atom is -0.381 e. The Bertz CT molecular complexity index is 427. The van der Waals surface area contributed by atoms with Crippen molar-refractivity contribution in [2.45, 2.75) is 20.3 Å². The third-order valence-electron chi connectivity index (χ3n) is 2.25. The number of aromatic nitrogens is 1. The molecule has 0 atom stereocenters. The van der Waals surface area contributed by atoms with Crippen molar-refractivity contribution in [3.8, 4) is 0 Å². The van der Waals surface area contributed by atoms with Gasteiger partial charge in [-0.25, -0.2) is 9.37 Å². The van der Waals surface area contributed by atoms with Crippen LogP contribution in [-0.4, -0.2) is 30.6 Å². The molecule has 0 aliphatic heterocycles. The standard InChI is InChI=1S/C13H18ClFN2O2/c1-9(2)8-19-5-3-4-16-13(18)11-6-10(15)7-17-12(11)14/h6-7,9H,3-5,8H2,1-2H3,(H,16,18). The zero-order valence-corrected chi connectivity index (χ0v) is 11.8. The number of carbonyl (C=O) groups excluding carboxylic acids is 1. The monoisotopic (exact) mass is 288 g/mol. The SMILES string of the molecule is CC(C)COCCCNC(=O)c1cc(F)cnc1Cl. The first-order valence-electron chi connectivity index (χ1n) is 6.17. The molecule has 0 aliphatic carbocycles. The number of amides is 1. The minimum atomic E-state index is -0.588. The van der Waals surface area contributed by atoms with Gasteiger partial charge in [-0.3, -0.25) is 4.79 Å². The van der Waals surface area contributed by atoms with Gasteiger partial charge in [-0.2, -0.15) is 0 Å². The predicted molar refractivity (Wildman–Crippen MR) is 71.8 cm³/mol. The van der Waals surface area contributed by atoms with E-state index in [0.29, 0.717) is 32.1 Å². The van der Waals surface area contributed by atoms with Gasteiger partial charge >= 0.3 is 0 Å². The quantitative estimate of drug-likeness (QED) is 0.620. The lowest BCUT2D eigenvalue weighted by atomic mass is 10.2. The van der Waals surface area contributed by atoms with Crippen molar-refractivity contribution in [1.82, 2.24) is 10.3 Å². The molecular weight excluding hydrogens is 271 g/mol. The lowest BCUT2D eigenvalue weighted by Gasteiger charge is -2.08. The van der Waals surface area contributed by atoms with Gasteiger partial charge in [0.2, 0.25) is 0 Å². The van der Waals surface area contributed by atoms with Crippen LogP contribution in [0.1, 0.15) is 30.6 Å². The second-order valence-corrected chi connectivity index (χ2v) is 4.93. The van der Waals surface area contributed by atoms with Crippen molar-refractivity contribution in [3.63, 3.8) is 0 Å². The van der Waals surface area contributed by atoms with Crippen LogP contribution in [0.4, 0.5) is 4.39 Å². The Kier molecular flexibility index (Phi) is 6.73. The average Bonchev–Trinajstić information content (AvgIpc) is 2.36. The second-order valence-electron chi connectivity index (χ2n) is 4.57. The Labute approximate surface area is 117 Å². The Morgan fingerprint density at radius 3 is 3.00 bits per heavy atom. The number of hydrogen-bond acceptors (Lipinski definition) is 3. The number of pyridine rings is 1. The van der Waals surface area contributed by atoms with Crippen molar-refractivity contribution >= 4 is 17.5 Å². The van der Waals surface area contributed by atoms with Gasteiger partial charge < -0.3 is 10.1 Å². The van der Waals surface area contributed by atoms with Gasteiger partial charge in [0, 0.05) is 19.8 Å². The molecular formula is C13H18ClFN2O2. The van der Waals surface area contributed by atoms with E-state index in [-0.39, 0.29) is 10.7 Å². The third kappa shape index (κ3) is 5.98. The van der Waals surface area contributed by atoms with E-state index in [1.54, 1.807) is 0 Å². The first-order valence-corrected chi connectivity index (χ1v) is 6.55. The van der Waals surface area contributed by atoms with Gasteiger partial charge in [-0.15, -0.1) is 0 Å². The molecule has 0 radical (unpaired) electrons. The van der Waals surface area contributed by atoms with Crippen LogP contribution in [0, 0.1) is 11.7 Å². The van der Waals surface area contributed by atoms with Gasteiger partial charge in [0.25, 0.3) is 5.91 Å². The van der Waals surface area contributed by atoms with Crippen LogP contribution in [0.5, 0.6) is 0 Å². The molecule has 0 aliphatic rings. The fourth-order valence-electron chi connectivity index (χ4n) is 1.37. The summed E-state index contributed by atoms with van der Waals surface area (Å²) in [5.74, 6) is -0.526. The highest BCUT2D eigenvalue weighted by atomic mass is 35.5. The predicted octanol–water partition coefficient (Wildman–Crippen LogP) is 2.67. The summed E-state index contributed by atoms with van der Waals surface area (Å²) in [6.07, 6.45) is 1.66. The highest BCUT2D eigenvalue weighted by molar-refractivity contribution is 6.32. The number of nitrogens with one attached hydrogen (secondary N) is 1. The molecule has 19 heavy (non-hydrogen) atoms. The molecule has 1 rings (SSSR count). The number of rotatable bonds is 7. The van der Waals surface area contributed by atoms with E-state index < -0.39 is 11.7 Å². The van der Waals surface area contributed by atoms with Gasteiger partial charge in [-0.05, 0) is 18.4 Å². The van der Waals surface area contributed by atoms with Crippen LogP contribution in [0.2, 0.25) is 5.15 Å². The normalized spacial score (nSPS) is 10.8. The molecule has 6 heteroatoms. The van der Waals surface area contributed by atoms with Gasteiger partial charge in [-0.1, -0.05) is 25.4 Å². The Balaban J connectivity index is 2.29. The van der Waals surface area contributed by atoms with Crippen molar-refractivity contribution in [3.05, 3.63) is 28.8 Å². The van der Waals surface area contributed by atoms with E-state index in [1.807, 2.05) is 0 Å². The molecule has 0 bridgehead atoms. The zero-order chi connectivity index (χ0) is 14.3. The molecule has 1 aromatic rings. The first kappa shape index (κ1) is 15.9. The summed E-state index contributed by atoms with van der Waals surface area (Å²) >= 11 is 5.73. The summed E-state index contributed by atoms with van der Waals surface area (Å²) in [5.41, 5.74) is 0.0461. The third-order valence-corrected chi connectivity index (χ3v) is 2.55. The Morgan fingerprint density at radius 1 is 1.58 bits per heavy atom. The summed E-state index contributed by atoms with van der Waals surface area (Å²) in [4.78, 5) is 15.3. The summed E-state index contributed by atoms with van der Waals surface area (Å²) < 4.78 is 18.3. The van der Waals surface area contributed by atoms with Crippen molar-refractivity contribution in [1.29, 1.82) is 0 Å². The van der Waals surface area contributed by atoms with Gasteiger partial charge in [0.1, 0.15) is 11.0 Å². The molecule has 0 saturated carbocycles. The van der Waals surface area contributed by atoms with E-state index in [2.05, 4.69) is 24.1 Å². The van der Waals surface area contributed by atoms with E-state index in [1.165, 1.54) is 0 Å². The molecule has 1 aromatic heterocycles. The highest BCUT2D eigenvalue weighted by Gasteiger charge is 2.11. The van der Waals surface area contributed by atoms with Crippen molar-refractivity contribution in [2.75, 3.05) is 19.8 Å². The number of nitrogens with zero attached hydrogens (tertiary/aromatic N) is 1. The largest absolute Gasteiger partial charge is 0.381 e. The highest BCUT2D eigenvalue weighted by Crippen LogP contribution is 2.13. The molecule has 106 valence electrons. The van der Waals surface area contributed by atoms with Crippen LogP contribution < -0.4 is 5.32 Å². The molecule has 0 fully saturated rings. The molecule has 0 aromatic carbocycles. The minimum absolute atomic E-state index is 0.00467. The maximum atomic E-state index is 13.0. The molecule has 1 heterocycles. The summed E-state index contributed by atoms with van der Waals surface area (Å²) in [6, 6.07) is 1.07. The molecule has 1 amide bonds. The topological polar surface area (TPSA) is 51.2 Å². The smallest absolute Gasteiger partial charge is 0.254 e. The van der Waals surface area contributed by atoms with Crippen molar-refractivity contribution in [2.24, 2.45) is 5.92 Å². The van der Waals surface area contributed by atoms with Crippen LogP contribution in [0.25, 0.3) is 0 Å². The van der Waals surface area contributed by atoms with Crippen LogP contribution in [0.3, 0.4) is 0 Å². The van der Waals surface area contributed by atoms with E-state index in [9.17, 15) is 9.18 Å². The molecule has 0 saturated heterocycles. The number of halogens is 2. The van der Waals surface area contributed by atoms with E-state index >= 15 is 0 Å². The van der Waals surface area contributed by atoms with Gasteiger partial charge in [0.15, 0.2) is 0 Å². The van der Waals surface area contributed by atoms with Gasteiger partial charge in [0.05, 0.1) is 11.8 Å². The number of hydrogen-bond donors (Lipinski definition) is 1. The summed E-state index contributed by atoms with van der Waals surface area (Å²) in [5, 5.41) is 2.64. The van der Waals surface area contributed by atoms with E-state index in [4.69, 9.17) is 16.3 Å². The zero-order valence-electron chi connectivity index (χ0n) is 11.1. The second kappa shape index (κ2) is 8.07. The summed E-state index contributed by atoms with van der Waals surface area (Å²) in [7, 11) is 0. The average molecular weight is 289 g/mol. The molecule has 0 spiro atoms. The maximum absolute atomic E-state index is 13.0. The number of carbonyl (C=O) groups is 1. The first-order chi connectivity index (χ1) is 9.00. The van der Waals surface area contributed by atoms with Crippen molar-refractivity contribution < 1.29 is 13.9 Å². The van der Waals surface area contributed by atoms with E-state index in [0.717, 1.165) is 12.3 Å².